The van der Waals surface area contributed by atoms with Crippen LogP contribution in [0.5, 0.6) is 23.3 Å². The van der Waals surface area contributed by atoms with Crippen LogP contribution in [0.25, 0.3) is 0 Å². The number of likely N-dealkylation sites (tertiary alicyclic amines) is 2. The number of carbonyl (C=O) groups is 2. The minimum Gasteiger partial charge on any atom is -0.474 e. The second-order valence-corrected chi connectivity index (χ2v) is 17.4. The molecule has 4 aromatic rings. The van der Waals surface area contributed by atoms with Crippen molar-refractivity contribution in [1.29, 1.82) is 0 Å². The lowest BCUT2D eigenvalue weighted by Crippen LogP contribution is -2.52. The molecule has 18 heteroatoms. The number of rotatable bonds is 14. The molecule has 348 valence electrons. The summed E-state index contributed by atoms with van der Waals surface area (Å²) in [5, 5.41) is 6.28. The van der Waals surface area contributed by atoms with E-state index in [9.17, 15) is 35.9 Å². The molecule has 0 bridgehead atoms. The zero-order chi connectivity index (χ0) is 46.7. The summed E-state index contributed by atoms with van der Waals surface area (Å²) in [4.78, 5) is 38.3. The second kappa shape index (κ2) is 21.4. The number of alkyl halides is 6. The van der Waals surface area contributed by atoms with Crippen LogP contribution in [0.3, 0.4) is 0 Å². The number of carbonyl (C=O) groups excluding carboxylic acids is 2. The smallest absolute Gasteiger partial charge is 0.474 e. The number of likely N-dealkylation sites (N-methyl/N-ethyl adjacent to an activating group) is 2. The number of piperidine rings is 2. The largest absolute Gasteiger partial charge is 0.573 e. The van der Waals surface area contributed by atoms with Gasteiger partial charge in [-0.1, -0.05) is 60.7 Å². The molecule has 4 heterocycles. The minimum atomic E-state index is -4.87. The summed E-state index contributed by atoms with van der Waals surface area (Å²) in [5.74, 6) is -1.91. The van der Waals surface area contributed by atoms with E-state index in [1.165, 1.54) is 24.5 Å². The van der Waals surface area contributed by atoms with Gasteiger partial charge in [0.05, 0.1) is 10.8 Å². The lowest BCUT2D eigenvalue weighted by atomic mass is 9.84. The predicted molar refractivity (Wildman–Crippen MR) is 227 cm³/mol. The lowest BCUT2D eigenvalue weighted by Gasteiger charge is -2.39. The Morgan fingerprint density at radius 2 is 0.953 bits per heavy atom. The van der Waals surface area contributed by atoms with Crippen LogP contribution in [0.2, 0.25) is 0 Å². The molecule has 64 heavy (non-hydrogen) atoms. The van der Waals surface area contributed by atoms with E-state index >= 15 is 0 Å². The summed E-state index contributed by atoms with van der Waals surface area (Å²) in [7, 11) is 4.11. The molecule has 6 rings (SSSR count). The van der Waals surface area contributed by atoms with Crippen LogP contribution in [-0.2, 0) is 9.59 Å². The van der Waals surface area contributed by atoms with Crippen LogP contribution in [0.15, 0.2) is 97.3 Å². The normalized spacial score (nSPS) is 19.9. The molecule has 0 saturated carbocycles. The van der Waals surface area contributed by atoms with Crippen LogP contribution in [0.1, 0.15) is 63.5 Å². The van der Waals surface area contributed by atoms with E-state index in [4.69, 9.17) is 9.47 Å². The fraction of sp³-hybridized carbons (Fsp3) is 0.478. The van der Waals surface area contributed by atoms with E-state index in [2.05, 4.69) is 78.2 Å². The summed E-state index contributed by atoms with van der Waals surface area (Å²) in [6.07, 6.45) is -5.54. The molecule has 2 fully saturated rings. The Kier molecular flexibility index (Phi) is 16.5. The third-order valence-electron chi connectivity index (χ3n) is 11.0. The molecule has 2 aromatic carbocycles. The van der Waals surface area contributed by atoms with E-state index in [-0.39, 0.29) is 60.7 Å². The number of nitrogens with one attached hydrogen (secondary N) is 2. The molecule has 2 aliphatic heterocycles. The van der Waals surface area contributed by atoms with Crippen LogP contribution in [0, 0.1) is 10.8 Å². The van der Waals surface area contributed by atoms with Crippen molar-refractivity contribution in [3.05, 3.63) is 108 Å². The van der Waals surface area contributed by atoms with Gasteiger partial charge in [0.1, 0.15) is 13.2 Å². The summed E-state index contributed by atoms with van der Waals surface area (Å²) < 4.78 is 94.6. The first kappa shape index (κ1) is 49.4. The molecule has 2 saturated heterocycles. The summed E-state index contributed by atoms with van der Waals surface area (Å²) in [5.41, 5.74) is 0.302. The summed E-state index contributed by atoms with van der Waals surface area (Å²) in [6, 6.07) is 24.8. The number of nitrogens with zero attached hydrogens (tertiary/aromatic N) is 4. The highest BCUT2D eigenvalue weighted by Crippen LogP contribution is 2.34. The Morgan fingerprint density at radius 1 is 0.594 bits per heavy atom. The van der Waals surface area contributed by atoms with Crippen molar-refractivity contribution < 1.29 is 54.9 Å². The predicted octanol–water partition coefficient (Wildman–Crippen LogP) is 7.98. The van der Waals surface area contributed by atoms with E-state index in [1.807, 2.05) is 36.4 Å². The minimum absolute atomic E-state index is 0.0562. The van der Waals surface area contributed by atoms with E-state index in [0.717, 1.165) is 62.3 Å². The fourth-order valence-electron chi connectivity index (χ4n) is 7.38. The molecule has 2 N–H and O–H groups in total. The van der Waals surface area contributed by atoms with Crippen molar-refractivity contribution in [3.8, 4) is 23.3 Å². The third-order valence-corrected chi connectivity index (χ3v) is 11.0. The molecule has 0 unspecified atom stereocenters. The maximum absolute atomic E-state index is 13.1. The molecule has 0 aliphatic carbocycles. The van der Waals surface area contributed by atoms with Crippen molar-refractivity contribution in [2.75, 3.05) is 53.5 Å². The van der Waals surface area contributed by atoms with Gasteiger partial charge in [-0.25, -0.2) is 9.97 Å². The van der Waals surface area contributed by atoms with Crippen molar-refractivity contribution in [2.45, 2.75) is 77.2 Å². The fourth-order valence-corrected chi connectivity index (χ4v) is 7.38. The van der Waals surface area contributed by atoms with Gasteiger partial charge in [0.25, 0.3) is 11.8 Å². The first-order valence-corrected chi connectivity index (χ1v) is 20.9. The van der Waals surface area contributed by atoms with Crippen LogP contribution in [-0.4, -0.2) is 110 Å². The zero-order valence-corrected chi connectivity index (χ0v) is 36.7. The van der Waals surface area contributed by atoms with Gasteiger partial charge in [-0.3, -0.25) is 9.59 Å². The highest BCUT2D eigenvalue weighted by Gasteiger charge is 2.39. The number of ether oxygens (including phenoxy) is 4. The van der Waals surface area contributed by atoms with Gasteiger partial charge >= 0.3 is 12.7 Å². The SMILES string of the molecule is CN1CC[C@@H](NC(=O)C(C)(C)COc2ncccc2OC(F)(F)F)[C@@H](c2ccccc2)C1.CN1CC[C@H](NC(=O)C(C)(C)COc2ncccc2OC(F)(F)F)[C@H](c2ccccc2)C1. The lowest BCUT2D eigenvalue weighted by molar-refractivity contribution is -0.276. The first-order chi connectivity index (χ1) is 30.1. The highest BCUT2D eigenvalue weighted by atomic mass is 19.4. The number of benzene rings is 2. The van der Waals surface area contributed by atoms with Gasteiger partial charge in [-0.05, 0) is 103 Å². The van der Waals surface area contributed by atoms with Gasteiger partial charge in [0, 0.05) is 49.4 Å². The number of aromatic nitrogens is 2. The topological polar surface area (TPSA) is 127 Å². The van der Waals surface area contributed by atoms with Crippen molar-refractivity contribution in [2.24, 2.45) is 10.8 Å². The third kappa shape index (κ3) is 14.7. The second-order valence-electron chi connectivity index (χ2n) is 17.4. The average Bonchev–Trinajstić information content (AvgIpc) is 3.24. The summed E-state index contributed by atoms with van der Waals surface area (Å²) in [6.45, 7) is 9.76. The van der Waals surface area contributed by atoms with Crippen molar-refractivity contribution in [3.63, 3.8) is 0 Å². The molecule has 2 aliphatic rings. The van der Waals surface area contributed by atoms with Crippen molar-refractivity contribution >= 4 is 11.8 Å². The molecule has 0 spiro atoms. The molecule has 2 amide bonds. The Balaban J connectivity index is 0.000000241. The quantitative estimate of drug-likeness (QED) is 0.120. The van der Waals surface area contributed by atoms with Gasteiger partial charge in [0.2, 0.25) is 11.8 Å². The maximum atomic E-state index is 13.1. The van der Waals surface area contributed by atoms with E-state index < -0.39 is 35.1 Å². The number of amides is 2. The van der Waals surface area contributed by atoms with Crippen LogP contribution in [0.4, 0.5) is 26.3 Å². The zero-order valence-electron chi connectivity index (χ0n) is 36.7. The van der Waals surface area contributed by atoms with E-state index in [1.54, 1.807) is 27.7 Å². The number of halogens is 6. The van der Waals surface area contributed by atoms with Crippen molar-refractivity contribution in [1.82, 2.24) is 30.4 Å². The maximum Gasteiger partial charge on any atom is 0.573 e. The Hall–Kier alpha value is -5.62. The van der Waals surface area contributed by atoms with Gasteiger partial charge in [-0.2, -0.15) is 0 Å². The molecule has 2 aromatic heterocycles. The van der Waals surface area contributed by atoms with Crippen LogP contribution >= 0.6 is 0 Å². The summed E-state index contributed by atoms with van der Waals surface area (Å²) >= 11 is 0. The van der Waals surface area contributed by atoms with Gasteiger partial charge in [0.15, 0.2) is 11.5 Å². The molecule has 4 atom stereocenters. The standard InChI is InChI=1S/2C23H28F3N3O3/c2*1-22(2,15-31-20-19(10-7-12-27-20)32-23(24,25)26)21(30)28-18-11-13-29(3)14-17(18)16-8-5-4-6-9-16/h2*4-10,12,17-18H,11,13-15H2,1-3H3,(H,28,30)/t2*17-,18-/m10/s1. The first-order valence-electron chi connectivity index (χ1n) is 20.9. The monoisotopic (exact) mass is 902 g/mol. The molecule has 12 nitrogen and oxygen atoms in total. The molecular formula is C46H56F6N6O6. The number of hydrogen-bond acceptors (Lipinski definition) is 10. The van der Waals surface area contributed by atoms with Gasteiger partial charge in [-0.15, -0.1) is 26.3 Å². The van der Waals surface area contributed by atoms with Gasteiger partial charge < -0.3 is 39.4 Å². The Labute approximate surface area is 369 Å². The molecule has 0 radical (unpaired) electrons. The average molecular weight is 903 g/mol. The Bertz CT molecular complexity index is 1960. The van der Waals surface area contributed by atoms with E-state index in [0.29, 0.717) is 0 Å². The highest BCUT2D eigenvalue weighted by molar-refractivity contribution is 5.83. The number of pyridine rings is 2. The molecular weight excluding hydrogens is 847 g/mol. The van der Waals surface area contributed by atoms with Crippen LogP contribution < -0.4 is 29.6 Å². The number of hydrogen-bond donors (Lipinski definition) is 2. The Morgan fingerprint density at radius 3 is 1.30 bits per heavy atom.